The number of anilines is 2. The molecule has 0 unspecified atom stereocenters. The average molecular weight is 409 g/mol. The minimum absolute atomic E-state index is 0.0923. The third-order valence-electron chi connectivity index (χ3n) is 4.49. The van der Waals surface area contributed by atoms with Gasteiger partial charge in [-0.3, -0.25) is 28.8 Å². The number of amides is 6. The summed E-state index contributed by atoms with van der Waals surface area (Å²) < 4.78 is 0. The maximum absolute atomic E-state index is 12.5. The van der Waals surface area contributed by atoms with Crippen molar-refractivity contribution in [1.82, 2.24) is 5.06 Å². The fraction of sp³-hybridized carbons (Fsp3) is 0.105. The van der Waals surface area contributed by atoms with Crippen LogP contribution in [0.4, 0.5) is 11.4 Å². The normalized spacial score (nSPS) is 18.5. The summed E-state index contributed by atoms with van der Waals surface area (Å²) in [6.45, 7) is 0. The van der Waals surface area contributed by atoms with E-state index in [-0.39, 0.29) is 29.8 Å². The van der Waals surface area contributed by atoms with Crippen LogP contribution in [0.15, 0.2) is 42.5 Å². The van der Waals surface area contributed by atoms with Crippen LogP contribution in [-0.2, 0) is 33.6 Å². The number of rotatable bonds is 4. The molecule has 0 aromatic heterocycles. The van der Waals surface area contributed by atoms with Crippen LogP contribution in [0.25, 0.3) is 0 Å². The number of hydrogen-bond donors (Lipinski definition) is 0. The molecule has 11 nitrogen and oxygen atoms in total. The molecule has 0 atom stereocenters. The SMILES string of the molecule is O=C(ON1C(=O)CCC1=O)c1ccc(N2C(=O)C=CC2=O)c(N2C(=O)C=CC2=O)c1. The summed E-state index contributed by atoms with van der Waals surface area (Å²) in [6.07, 6.45) is 3.83. The Hall–Kier alpha value is -4.41. The van der Waals surface area contributed by atoms with Crippen LogP contribution < -0.4 is 9.80 Å². The second-order valence-corrected chi connectivity index (χ2v) is 6.35. The zero-order valence-electron chi connectivity index (χ0n) is 15.1. The van der Waals surface area contributed by atoms with E-state index in [2.05, 4.69) is 0 Å². The number of benzene rings is 1. The van der Waals surface area contributed by atoms with Gasteiger partial charge in [-0.05, 0) is 18.2 Å². The maximum Gasteiger partial charge on any atom is 0.363 e. The van der Waals surface area contributed by atoms with E-state index >= 15 is 0 Å². The third-order valence-corrected chi connectivity index (χ3v) is 4.49. The van der Waals surface area contributed by atoms with Gasteiger partial charge >= 0.3 is 5.97 Å². The average Bonchev–Trinajstić information content (AvgIpc) is 3.34. The molecule has 150 valence electrons. The van der Waals surface area contributed by atoms with Crippen LogP contribution in [0.3, 0.4) is 0 Å². The molecule has 1 saturated heterocycles. The monoisotopic (exact) mass is 409 g/mol. The van der Waals surface area contributed by atoms with E-state index in [0.29, 0.717) is 9.96 Å². The fourth-order valence-corrected chi connectivity index (χ4v) is 3.09. The highest BCUT2D eigenvalue weighted by Gasteiger charge is 2.36. The van der Waals surface area contributed by atoms with E-state index in [1.54, 1.807) is 0 Å². The summed E-state index contributed by atoms with van der Waals surface area (Å²) >= 11 is 0. The van der Waals surface area contributed by atoms with Crippen LogP contribution in [0.2, 0.25) is 0 Å². The van der Waals surface area contributed by atoms with Gasteiger partial charge in [-0.2, -0.15) is 0 Å². The molecule has 3 aliphatic rings. The lowest BCUT2D eigenvalue weighted by Crippen LogP contribution is -2.36. The van der Waals surface area contributed by atoms with Crippen LogP contribution >= 0.6 is 0 Å². The van der Waals surface area contributed by atoms with Gasteiger partial charge in [0.05, 0.1) is 16.9 Å². The Bertz CT molecular complexity index is 1080. The summed E-state index contributed by atoms with van der Waals surface area (Å²) in [5.74, 6) is -5.35. The van der Waals surface area contributed by atoms with Crippen molar-refractivity contribution < 1.29 is 38.4 Å². The molecular weight excluding hydrogens is 398 g/mol. The first kappa shape index (κ1) is 18.9. The van der Waals surface area contributed by atoms with Gasteiger partial charge in [0, 0.05) is 37.1 Å². The number of carbonyl (C=O) groups excluding carboxylic acids is 7. The third kappa shape index (κ3) is 2.98. The van der Waals surface area contributed by atoms with Gasteiger partial charge in [-0.25, -0.2) is 14.6 Å². The standard InChI is InChI=1S/C19H11N3O8/c23-13-3-4-14(24)20(13)11-2-1-10(9-12(11)21-15(25)5-6-16(21)26)19(29)30-22-17(27)7-8-18(22)28/h1-6,9H,7-8H2. The predicted molar refractivity (Wildman–Crippen MR) is 96.2 cm³/mol. The number of imide groups is 3. The van der Waals surface area contributed by atoms with Crippen LogP contribution in [0.5, 0.6) is 0 Å². The molecule has 11 heteroatoms. The van der Waals surface area contributed by atoms with E-state index in [9.17, 15) is 33.6 Å². The smallest absolute Gasteiger partial charge is 0.325 e. The second-order valence-electron chi connectivity index (χ2n) is 6.35. The van der Waals surface area contributed by atoms with Crippen molar-refractivity contribution in [1.29, 1.82) is 0 Å². The van der Waals surface area contributed by atoms with Gasteiger partial charge in [-0.15, -0.1) is 5.06 Å². The number of hydrogen-bond acceptors (Lipinski definition) is 8. The molecule has 30 heavy (non-hydrogen) atoms. The molecule has 0 radical (unpaired) electrons. The van der Waals surface area contributed by atoms with E-state index in [0.717, 1.165) is 35.3 Å². The highest BCUT2D eigenvalue weighted by Crippen LogP contribution is 2.34. The lowest BCUT2D eigenvalue weighted by Gasteiger charge is -2.23. The van der Waals surface area contributed by atoms with Crippen molar-refractivity contribution in [3.05, 3.63) is 48.1 Å². The first-order chi connectivity index (χ1) is 14.3. The van der Waals surface area contributed by atoms with Crippen molar-refractivity contribution in [2.75, 3.05) is 9.80 Å². The van der Waals surface area contributed by atoms with Crippen molar-refractivity contribution in [3.63, 3.8) is 0 Å². The van der Waals surface area contributed by atoms with Gasteiger partial charge in [0.15, 0.2) is 0 Å². The zero-order valence-corrected chi connectivity index (χ0v) is 15.1. The highest BCUT2D eigenvalue weighted by molar-refractivity contribution is 6.33. The van der Waals surface area contributed by atoms with Crippen molar-refractivity contribution in [3.8, 4) is 0 Å². The molecule has 1 aromatic rings. The van der Waals surface area contributed by atoms with Crippen LogP contribution in [0, 0.1) is 0 Å². The summed E-state index contributed by atoms with van der Waals surface area (Å²) in [5.41, 5.74) is -0.542. The Morgan fingerprint density at radius 2 is 1.17 bits per heavy atom. The number of nitrogens with zero attached hydrogens (tertiary/aromatic N) is 3. The Labute approximate surface area is 167 Å². The highest BCUT2D eigenvalue weighted by atomic mass is 16.7. The molecule has 0 bridgehead atoms. The van der Waals surface area contributed by atoms with Gasteiger partial charge in [0.25, 0.3) is 35.4 Å². The summed E-state index contributed by atoms with van der Waals surface area (Å²) in [6, 6.07) is 3.41. The quantitative estimate of drug-likeness (QED) is 0.622. The maximum atomic E-state index is 12.5. The first-order valence-electron chi connectivity index (χ1n) is 8.62. The lowest BCUT2D eigenvalue weighted by atomic mass is 10.1. The van der Waals surface area contributed by atoms with E-state index in [1.807, 2.05) is 0 Å². The molecule has 3 heterocycles. The minimum atomic E-state index is -1.10. The van der Waals surface area contributed by atoms with Crippen molar-refractivity contribution in [2.45, 2.75) is 12.8 Å². The molecule has 4 rings (SSSR count). The molecule has 3 aliphatic heterocycles. The molecule has 6 amide bonds. The van der Waals surface area contributed by atoms with Crippen LogP contribution in [0.1, 0.15) is 23.2 Å². The zero-order chi connectivity index (χ0) is 21.6. The number of hydroxylamine groups is 2. The molecule has 0 N–H and O–H groups in total. The minimum Gasteiger partial charge on any atom is -0.325 e. The lowest BCUT2D eigenvalue weighted by molar-refractivity contribution is -0.172. The number of carbonyl (C=O) groups is 7. The summed E-state index contributed by atoms with van der Waals surface area (Å²) in [7, 11) is 0. The summed E-state index contributed by atoms with van der Waals surface area (Å²) in [5, 5.41) is 0.348. The Kier molecular flexibility index (Phi) is 4.34. The van der Waals surface area contributed by atoms with E-state index in [4.69, 9.17) is 4.84 Å². The van der Waals surface area contributed by atoms with Crippen molar-refractivity contribution >= 4 is 52.8 Å². The van der Waals surface area contributed by atoms with Gasteiger partial charge in [0.2, 0.25) is 0 Å². The van der Waals surface area contributed by atoms with Crippen molar-refractivity contribution in [2.24, 2.45) is 0 Å². The summed E-state index contributed by atoms with van der Waals surface area (Å²) in [4.78, 5) is 90.5. The molecule has 0 aliphatic carbocycles. The first-order valence-corrected chi connectivity index (χ1v) is 8.62. The van der Waals surface area contributed by atoms with Gasteiger partial charge in [0.1, 0.15) is 0 Å². The second kappa shape index (κ2) is 6.88. The largest absolute Gasteiger partial charge is 0.363 e. The molecule has 0 spiro atoms. The Balaban J connectivity index is 1.74. The Morgan fingerprint density at radius 1 is 0.700 bits per heavy atom. The molecular formula is C19H11N3O8. The topological polar surface area (TPSA) is 138 Å². The molecule has 0 saturated carbocycles. The predicted octanol–water partition coefficient (Wildman–Crippen LogP) is -0.234. The van der Waals surface area contributed by atoms with Crippen LogP contribution in [-0.4, -0.2) is 46.5 Å². The molecule has 1 aromatic carbocycles. The van der Waals surface area contributed by atoms with Gasteiger partial charge < -0.3 is 4.84 Å². The van der Waals surface area contributed by atoms with E-state index < -0.39 is 41.4 Å². The van der Waals surface area contributed by atoms with Gasteiger partial charge in [-0.1, -0.05) is 0 Å². The Morgan fingerprint density at radius 3 is 1.67 bits per heavy atom. The van der Waals surface area contributed by atoms with E-state index in [1.165, 1.54) is 12.1 Å². The fourth-order valence-electron chi connectivity index (χ4n) is 3.09. The molecule has 1 fully saturated rings.